The average Bonchev–Trinajstić information content (AvgIpc) is 3.08. The summed E-state index contributed by atoms with van der Waals surface area (Å²) in [6.45, 7) is 6.43. The van der Waals surface area contributed by atoms with Crippen molar-refractivity contribution in [1.29, 1.82) is 0 Å². The maximum absolute atomic E-state index is 10.8. The fraction of sp³-hybridized carbons (Fsp3) is 0.333. The standard InChI is InChI=1S/C18H20N6OS/c1-13-14(11-23-7-9-24(12-25)10-8-23)3-2-4-15(13)21-18-22-16-17(26-18)20-6-5-19-16/h2-6,12H,7-11H2,1H3,(H,19,21,22). The Labute approximate surface area is 155 Å². The number of hydrogen-bond donors (Lipinski definition) is 1. The van der Waals surface area contributed by atoms with Crippen LogP contribution in [-0.2, 0) is 11.3 Å². The summed E-state index contributed by atoms with van der Waals surface area (Å²) in [4.78, 5) is 28.9. The smallest absolute Gasteiger partial charge is 0.209 e. The van der Waals surface area contributed by atoms with Crippen molar-refractivity contribution in [2.45, 2.75) is 13.5 Å². The van der Waals surface area contributed by atoms with E-state index in [2.05, 4.69) is 50.3 Å². The van der Waals surface area contributed by atoms with E-state index >= 15 is 0 Å². The molecule has 7 nitrogen and oxygen atoms in total. The molecule has 0 aliphatic carbocycles. The van der Waals surface area contributed by atoms with Gasteiger partial charge in [0.15, 0.2) is 15.6 Å². The summed E-state index contributed by atoms with van der Waals surface area (Å²) in [7, 11) is 0. The Morgan fingerprint density at radius 2 is 2.00 bits per heavy atom. The molecule has 8 heteroatoms. The molecular weight excluding hydrogens is 348 g/mol. The zero-order chi connectivity index (χ0) is 17.9. The Bertz CT molecular complexity index is 886. The van der Waals surface area contributed by atoms with Gasteiger partial charge in [-0.3, -0.25) is 9.69 Å². The van der Waals surface area contributed by atoms with Gasteiger partial charge in [0.25, 0.3) is 0 Å². The highest BCUT2D eigenvalue weighted by molar-refractivity contribution is 7.21. The first-order valence-corrected chi connectivity index (χ1v) is 9.39. The van der Waals surface area contributed by atoms with Crippen molar-refractivity contribution < 1.29 is 4.79 Å². The lowest BCUT2D eigenvalue weighted by molar-refractivity contribution is -0.119. The average molecular weight is 368 g/mol. The molecule has 1 aromatic carbocycles. The Morgan fingerprint density at radius 3 is 2.77 bits per heavy atom. The number of benzene rings is 1. The van der Waals surface area contributed by atoms with E-state index in [-0.39, 0.29) is 0 Å². The first-order valence-electron chi connectivity index (χ1n) is 8.58. The van der Waals surface area contributed by atoms with Gasteiger partial charge in [-0.15, -0.1) is 0 Å². The summed E-state index contributed by atoms with van der Waals surface area (Å²) in [5.74, 6) is 0. The van der Waals surface area contributed by atoms with Crippen LogP contribution in [0.15, 0.2) is 30.6 Å². The van der Waals surface area contributed by atoms with Crippen LogP contribution in [0.2, 0.25) is 0 Å². The zero-order valence-electron chi connectivity index (χ0n) is 14.6. The molecule has 26 heavy (non-hydrogen) atoms. The summed E-state index contributed by atoms with van der Waals surface area (Å²) < 4.78 is 0. The van der Waals surface area contributed by atoms with E-state index in [1.54, 1.807) is 12.4 Å². The lowest BCUT2D eigenvalue weighted by atomic mass is 10.1. The second-order valence-corrected chi connectivity index (χ2v) is 7.31. The van der Waals surface area contributed by atoms with Gasteiger partial charge in [0, 0.05) is 50.8 Å². The van der Waals surface area contributed by atoms with Gasteiger partial charge in [0.2, 0.25) is 6.41 Å². The van der Waals surface area contributed by atoms with Crippen LogP contribution in [-0.4, -0.2) is 57.3 Å². The Kier molecular flexibility index (Phi) is 4.77. The van der Waals surface area contributed by atoms with Gasteiger partial charge in [-0.1, -0.05) is 23.5 Å². The highest BCUT2D eigenvalue weighted by Gasteiger charge is 2.17. The van der Waals surface area contributed by atoms with Crippen molar-refractivity contribution in [3.63, 3.8) is 0 Å². The van der Waals surface area contributed by atoms with Gasteiger partial charge in [-0.2, -0.15) is 4.98 Å². The minimum atomic E-state index is 0.668. The molecule has 0 atom stereocenters. The second-order valence-electron chi connectivity index (χ2n) is 6.34. The second kappa shape index (κ2) is 7.35. The van der Waals surface area contributed by atoms with Gasteiger partial charge in [0.1, 0.15) is 0 Å². The van der Waals surface area contributed by atoms with Crippen LogP contribution in [0.25, 0.3) is 10.5 Å². The number of nitrogens with zero attached hydrogens (tertiary/aromatic N) is 5. The lowest BCUT2D eigenvalue weighted by Crippen LogP contribution is -2.45. The van der Waals surface area contributed by atoms with Crippen LogP contribution in [0.4, 0.5) is 10.8 Å². The van der Waals surface area contributed by atoms with E-state index in [0.717, 1.165) is 54.8 Å². The van der Waals surface area contributed by atoms with Crippen molar-refractivity contribution in [1.82, 2.24) is 24.8 Å². The van der Waals surface area contributed by atoms with Crippen molar-refractivity contribution in [2.24, 2.45) is 0 Å². The number of anilines is 2. The molecule has 0 unspecified atom stereocenters. The number of carbonyl (C=O) groups is 1. The fourth-order valence-corrected chi connectivity index (χ4v) is 3.88. The number of aromatic nitrogens is 3. The molecule has 3 heterocycles. The van der Waals surface area contributed by atoms with Crippen molar-refractivity contribution >= 4 is 39.0 Å². The van der Waals surface area contributed by atoms with E-state index in [0.29, 0.717) is 5.65 Å². The zero-order valence-corrected chi connectivity index (χ0v) is 15.4. The largest absolute Gasteiger partial charge is 0.343 e. The summed E-state index contributed by atoms with van der Waals surface area (Å²) in [6, 6.07) is 6.29. The molecule has 0 spiro atoms. The van der Waals surface area contributed by atoms with Crippen LogP contribution in [0, 0.1) is 6.92 Å². The molecule has 2 aromatic heterocycles. The van der Waals surface area contributed by atoms with E-state index < -0.39 is 0 Å². The van der Waals surface area contributed by atoms with Crippen LogP contribution in [0.1, 0.15) is 11.1 Å². The van der Waals surface area contributed by atoms with Crippen LogP contribution < -0.4 is 5.32 Å². The maximum Gasteiger partial charge on any atom is 0.209 e. The van der Waals surface area contributed by atoms with Gasteiger partial charge < -0.3 is 10.2 Å². The van der Waals surface area contributed by atoms with Crippen LogP contribution >= 0.6 is 11.3 Å². The molecule has 4 rings (SSSR count). The third-order valence-electron chi connectivity index (χ3n) is 4.68. The first-order chi connectivity index (χ1) is 12.7. The molecule has 1 aliphatic heterocycles. The Morgan fingerprint density at radius 1 is 1.19 bits per heavy atom. The summed E-state index contributed by atoms with van der Waals surface area (Å²) in [5, 5.41) is 4.21. The van der Waals surface area contributed by atoms with Gasteiger partial charge in [0.05, 0.1) is 0 Å². The monoisotopic (exact) mass is 368 g/mol. The van der Waals surface area contributed by atoms with E-state index in [1.807, 2.05) is 4.90 Å². The molecule has 1 N–H and O–H groups in total. The molecule has 3 aromatic rings. The number of nitrogens with one attached hydrogen (secondary N) is 1. The van der Waals surface area contributed by atoms with E-state index in [4.69, 9.17) is 0 Å². The van der Waals surface area contributed by atoms with Crippen molar-refractivity contribution in [3.05, 3.63) is 41.7 Å². The number of piperazine rings is 1. The molecule has 1 fully saturated rings. The molecule has 1 saturated heterocycles. The van der Waals surface area contributed by atoms with Gasteiger partial charge >= 0.3 is 0 Å². The third kappa shape index (κ3) is 3.51. The Balaban J connectivity index is 1.49. The predicted molar refractivity (Wildman–Crippen MR) is 103 cm³/mol. The normalized spacial score (nSPS) is 15.3. The molecule has 0 saturated carbocycles. The third-order valence-corrected chi connectivity index (χ3v) is 5.55. The number of amides is 1. The van der Waals surface area contributed by atoms with Gasteiger partial charge in [-0.05, 0) is 24.1 Å². The first kappa shape index (κ1) is 16.9. The molecule has 134 valence electrons. The predicted octanol–water partition coefficient (Wildman–Crippen LogP) is 2.41. The van der Waals surface area contributed by atoms with Crippen LogP contribution in [0.3, 0.4) is 0 Å². The number of thiazole rings is 1. The van der Waals surface area contributed by atoms with Gasteiger partial charge in [-0.25, -0.2) is 9.97 Å². The molecular formula is C18H20N6OS. The minimum Gasteiger partial charge on any atom is -0.343 e. The number of fused-ring (bicyclic) bond motifs is 1. The highest BCUT2D eigenvalue weighted by Crippen LogP contribution is 2.28. The van der Waals surface area contributed by atoms with Crippen molar-refractivity contribution in [2.75, 3.05) is 31.5 Å². The molecule has 0 radical (unpaired) electrons. The summed E-state index contributed by atoms with van der Waals surface area (Å²) >= 11 is 1.50. The quantitative estimate of drug-likeness (QED) is 0.697. The summed E-state index contributed by atoms with van der Waals surface area (Å²) in [6.07, 6.45) is 4.28. The lowest BCUT2D eigenvalue weighted by Gasteiger charge is -2.32. The van der Waals surface area contributed by atoms with Crippen LogP contribution in [0.5, 0.6) is 0 Å². The Hall–Kier alpha value is -2.58. The number of rotatable bonds is 5. The fourth-order valence-electron chi connectivity index (χ4n) is 3.10. The van der Waals surface area contributed by atoms with E-state index in [9.17, 15) is 4.79 Å². The molecule has 1 amide bonds. The molecule has 0 bridgehead atoms. The maximum atomic E-state index is 10.8. The highest BCUT2D eigenvalue weighted by atomic mass is 32.1. The minimum absolute atomic E-state index is 0.668. The SMILES string of the molecule is Cc1c(CN2CCN(C=O)CC2)cccc1Nc1nc2nccnc2s1. The van der Waals surface area contributed by atoms with Crippen molar-refractivity contribution in [3.8, 4) is 0 Å². The molecule has 1 aliphatic rings. The number of carbonyl (C=O) groups excluding carboxylic acids is 1. The topological polar surface area (TPSA) is 74.2 Å². The van der Waals surface area contributed by atoms with E-state index in [1.165, 1.54) is 22.5 Å². The number of hydrogen-bond acceptors (Lipinski definition) is 7. The summed E-state index contributed by atoms with van der Waals surface area (Å²) in [5.41, 5.74) is 4.22.